The van der Waals surface area contributed by atoms with Crippen LogP contribution >= 0.6 is 0 Å². The van der Waals surface area contributed by atoms with Gasteiger partial charge in [-0.05, 0) is 11.8 Å². The number of nitrogens with zero attached hydrogens (tertiary/aromatic N) is 2. The van der Waals surface area contributed by atoms with Crippen molar-refractivity contribution in [2.24, 2.45) is 11.8 Å². The molecule has 3 aliphatic heterocycles. The van der Waals surface area contributed by atoms with Crippen molar-refractivity contribution >= 4 is 0 Å². The lowest BCUT2D eigenvalue weighted by Crippen LogP contribution is -2.41. The Morgan fingerprint density at radius 2 is 1.24 bits per heavy atom. The Balaban J connectivity index is 1.76. The Morgan fingerprint density at radius 1 is 0.824 bits per heavy atom. The second-order valence-corrected chi connectivity index (χ2v) is 6.24. The lowest BCUT2D eigenvalue weighted by molar-refractivity contribution is -0.0615. The molecule has 0 amide bonds. The third kappa shape index (κ3) is 1.73. The first kappa shape index (κ1) is 11.9. The smallest absolute Gasteiger partial charge is 0.152 e. The molecule has 0 saturated carbocycles. The van der Waals surface area contributed by atoms with Crippen LogP contribution in [-0.4, -0.2) is 54.2 Å². The summed E-state index contributed by atoms with van der Waals surface area (Å²) in [5.74, 6) is 1.30. The van der Waals surface area contributed by atoms with Gasteiger partial charge in [-0.3, -0.25) is 9.80 Å². The SMILES string of the molecule is CC(C)[C@H]1COC2C3OC[C@H](C(C)C)N3CN21. The molecule has 0 aromatic rings. The lowest BCUT2D eigenvalue weighted by atomic mass is 10.0. The third-order valence-electron chi connectivity index (χ3n) is 4.49. The summed E-state index contributed by atoms with van der Waals surface area (Å²) in [6, 6.07) is 1.11. The van der Waals surface area contributed by atoms with Crippen molar-refractivity contribution in [2.45, 2.75) is 52.2 Å². The van der Waals surface area contributed by atoms with Gasteiger partial charge in [0.2, 0.25) is 0 Å². The maximum Gasteiger partial charge on any atom is 0.152 e. The van der Waals surface area contributed by atoms with Crippen LogP contribution in [0.1, 0.15) is 27.7 Å². The van der Waals surface area contributed by atoms with Crippen molar-refractivity contribution in [2.75, 3.05) is 19.9 Å². The molecule has 3 aliphatic rings. The lowest BCUT2D eigenvalue weighted by Gasteiger charge is -2.28. The van der Waals surface area contributed by atoms with Crippen molar-refractivity contribution in [1.82, 2.24) is 9.80 Å². The monoisotopic (exact) mass is 240 g/mol. The zero-order valence-corrected chi connectivity index (χ0v) is 11.3. The fourth-order valence-corrected chi connectivity index (χ4v) is 3.36. The Bertz CT molecular complexity index is 267. The van der Waals surface area contributed by atoms with Gasteiger partial charge in [0.1, 0.15) is 0 Å². The topological polar surface area (TPSA) is 24.9 Å². The van der Waals surface area contributed by atoms with E-state index >= 15 is 0 Å². The van der Waals surface area contributed by atoms with E-state index in [0.29, 0.717) is 23.9 Å². The molecule has 3 saturated heterocycles. The second-order valence-electron chi connectivity index (χ2n) is 6.24. The average Bonchev–Trinajstić information content (AvgIpc) is 2.84. The molecule has 0 N–H and O–H groups in total. The van der Waals surface area contributed by atoms with Gasteiger partial charge in [0.05, 0.1) is 19.9 Å². The van der Waals surface area contributed by atoms with Crippen LogP contribution in [-0.2, 0) is 9.47 Å². The highest BCUT2D eigenvalue weighted by molar-refractivity contribution is 4.97. The standard InChI is InChI=1S/C13H24N2O2/c1-8(2)10-5-16-12-13-15(7-14(10)12)11(6-17-13)9(3)4/h8-13H,5-7H2,1-4H3/t10-,11-,12?,13?/m1/s1. The van der Waals surface area contributed by atoms with E-state index in [4.69, 9.17) is 9.47 Å². The number of ether oxygens (including phenoxy) is 2. The average molecular weight is 240 g/mol. The zero-order chi connectivity index (χ0) is 12.2. The van der Waals surface area contributed by atoms with E-state index in [0.717, 1.165) is 19.9 Å². The first-order valence-corrected chi connectivity index (χ1v) is 6.84. The van der Waals surface area contributed by atoms with Gasteiger partial charge in [0, 0.05) is 12.1 Å². The van der Waals surface area contributed by atoms with Crippen molar-refractivity contribution in [3.63, 3.8) is 0 Å². The molecule has 3 fully saturated rings. The molecule has 0 aromatic carbocycles. The van der Waals surface area contributed by atoms with Gasteiger partial charge in [0.25, 0.3) is 0 Å². The Morgan fingerprint density at radius 3 is 1.59 bits per heavy atom. The summed E-state index contributed by atoms with van der Waals surface area (Å²) in [4.78, 5) is 4.98. The largest absolute Gasteiger partial charge is 0.357 e. The maximum atomic E-state index is 5.95. The predicted molar refractivity (Wildman–Crippen MR) is 65.3 cm³/mol. The molecule has 4 nitrogen and oxygen atoms in total. The summed E-state index contributed by atoms with van der Waals surface area (Å²) in [5.41, 5.74) is 0. The van der Waals surface area contributed by atoms with E-state index in [9.17, 15) is 0 Å². The molecular weight excluding hydrogens is 216 g/mol. The van der Waals surface area contributed by atoms with Crippen LogP contribution in [0, 0.1) is 11.8 Å². The number of rotatable bonds is 2. The fourth-order valence-electron chi connectivity index (χ4n) is 3.36. The summed E-state index contributed by atoms with van der Waals surface area (Å²) in [6.45, 7) is 11.9. The predicted octanol–water partition coefficient (Wildman–Crippen LogP) is 1.32. The van der Waals surface area contributed by atoms with Crippen LogP contribution < -0.4 is 0 Å². The minimum atomic E-state index is 0.172. The summed E-state index contributed by atoms with van der Waals surface area (Å²) in [7, 11) is 0. The summed E-state index contributed by atoms with van der Waals surface area (Å²) in [5, 5.41) is 0. The molecule has 0 aromatic heterocycles. The normalized spacial score (nSPS) is 42.7. The highest BCUT2D eigenvalue weighted by Gasteiger charge is 2.54. The number of hydrogen-bond donors (Lipinski definition) is 0. The maximum absolute atomic E-state index is 5.95. The molecule has 0 aliphatic carbocycles. The van der Waals surface area contributed by atoms with E-state index in [2.05, 4.69) is 37.5 Å². The Hall–Kier alpha value is -0.160. The molecule has 0 radical (unpaired) electrons. The van der Waals surface area contributed by atoms with Gasteiger partial charge in [-0.25, -0.2) is 0 Å². The second kappa shape index (κ2) is 4.19. The van der Waals surface area contributed by atoms with Crippen LogP contribution in [0.15, 0.2) is 0 Å². The van der Waals surface area contributed by atoms with Gasteiger partial charge in [-0.15, -0.1) is 0 Å². The van der Waals surface area contributed by atoms with Gasteiger partial charge >= 0.3 is 0 Å². The van der Waals surface area contributed by atoms with Gasteiger partial charge < -0.3 is 9.47 Å². The van der Waals surface area contributed by atoms with E-state index < -0.39 is 0 Å². The van der Waals surface area contributed by atoms with Crippen LogP contribution in [0.3, 0.4) is 0 Å². The molecule has 3 rings (SSSR count). The molecule has 3 heterocycles. The number of hydrogen-bond acceptors (Lipinski definition) is 4. The molecule has 98 valence electrons. The minimum absolute atomic E-state index is 0.172. The van der Waals surface area contributed by atoms with E-state index in [1.165, 1.54) is 0 Å². The Labute approximate surface area is 104 Å². The molecule has 17 heavy (non-hydrogen) atoms. The molecular formula is C13H24N2O2. The van der Waals surface area contributed by atoms with Crippen molar-refractivity contribution < 1.29 is 9.47 Å². The summed E-state index contributed by atoms with van der Waals surface area (Å²) >= 11 is 0. The molecule has 4 atom stereocenters. The van der Waals surface area contributed by atoms with E-state index in [-0.39, 0.29) is 12.5 Å². The van der Waals surface area contributed by atoms with Crippen LogP contribution in [0.25, 0.3) is 0 Å². The van der Waals surface area contributed by atoms with Gasteiger partial charge in [-0.2, -0.15) is 0 Å². The van der Waals surface area contributed by atoms with Crippen LogP contribution in [0.5, 0.6) is 0 Å². The number of fused-ring (bicyclic) bond motifs is 3. The summed E-state index contributed by atoms with van der Waals surface area (Å²) < 4.78 is 11.9. The first-order chi connectivity index (χ1) is 8.09. The molecule has 2 unspecified atom stereocenters. The van der Waals surface area contributed by atoms with Crippen molar-refractivity contribution in [3.8, 4) is 0 Å². The molecule has 0 spiro atoms. The Kier molecular flexibility index (Phi) is 2.94. The van der Waals surface area contributed by atoms with Crippen LogP contribution in [0.4, 0.5) is 0 Å². The highest BCUT2D eigenvalue weighted by atomic mass is 16.6. The zero-order valence-electron chi connectivity index (χ0n) is 11.3. The van der Waals surface area contributed by atoms with Crippen molar-refractivity contribution in [1.29, 1.82) is 0 Å². The molecule has 0 bridgehead atoms. The van der Waals surface area contributed by atoms with Crippen LogP contribution in [0.2, 0.25) is 0 Å². The quantitative estimate of drug-likeness (QED) is 0.727. The highest BCUT2D eigenvalue weighted by Crippen LogP contribution is 2.38. The third-order valence-corrected chi connectivity index (χ3v) is 4.49. The minimum Gasteiger partial charge on any atom is -0.357 e. The fraction of sp³-hybridized carbons (Fsp3) is 1.00. The van der Waals surface area contributed by atoms with Crippen molar-refractivity contribution in [3.05, 3.63) is 0 Å². The molecule has 4 heteroatoms. The summed E-state index contributed by atoms with van der Waals surface area (Å²) in [6.07, 6.45) is 0.345. The first-order valence-electron chi connectivity index (χ1n) is 6.84. The van der Waals surface area contributed by atoms with Gasteiger partial charge in [-0.1, -0.05) is 27.7 Å². The van der Waals surface area contributed by atoms with E-state index in [1.54, 1.807) is 0 Å². The van der Waals surface area contributed by atoms with E-state index in [1.807, 2.05) is 0 Å². The van der Waals surface area contributed by atoms with Gasteiger partial charge in [0.15, 0.2) is 12.5 Å².